The molecule has 1 aromatic heterocycles. The number of hydrogen-bond acceptors (Lipinski definition) is 3. The van der Waals surface area contributed by atoms with E-state index >= 15 is 0 Å². The summed E-state index contributed by atoms with van der Waals surface area (Å²) in [5, 5.41) is 4.63. The van der Waals surface area contributed by atoms with Crippen molar-refractivity contribution in [3.8, 4) is 0 Å². The minimum absolute atomic E-state index is 0.0698. The van der Waals surface area contributed by atoms with E-state index in [9.17, 15) is 4.79 Å². The van der Waals surface area contributed by atoms with Gasteiger partial charge >= 0.3 is 0 Å². The Morgan fingerprint density at radius 3 is 2.43 bits per heavy atom. The maximum atomic E-state index is 12.1. The summed E-state index contributed by atoms with van der Waals surface area (Å²) in [6, 6.07) is 8.55. The van der Waals surface area contributed by atoms with E-state index in [1.165, 1.54) is 10.9 Å². The SMILES string of the molecule is CC(=O)n1cc([C@H](N2CCNCC2)C(C)(C)C)c2ccccc21. The molecule has 1 aliphatic rings. The van der Waals surface area contributed by atoms with Gasteiger partial charge in [0.25, 0.3) is 0 Å². The van der Waals surface area contributed by atoms with Crippen molar-refractivity contribution in [1.29, 1.82) is 0 Å². The fourth-order valence-corrected chi connectivity index (χ4v) is 3.84. The van der Waals surface area contributed by atoms with Gasteiger partial charge in [-0.3, -0.25) is 14.3 Å². The summed E-state index contributed by atoms with van der Waals surface area (Å²) in [5.74, 6) is 0.0698. The van der Waals surface area contributed by atoms with Crippen LogP contribution in [0.1, 0.15) is 44.1 Å². The Labute approximate surface area is 138 Å². The summed E-state index contributed by atoms with van der Waals surface area (Å²) in [6.45, 7) is 12.6. The van der Waals surface area contributed by atoms with Crippen LogP contribution in [0.4, 0.5) is 0 Å². The summed E-state index contributed by atoms with van der Waals surface area (Å²) in [6.07, 6.45) is 2.06. The molecule has 3 rings (SSSR count). The molecule has 124 valence electrons. The van der Waals surface area contributed by atoms with Gasteiger partial charge in [0, 0.05) is 50.7 Å². The monoisotopic (exact) mass is 313 g/mol. The Morgan fingerprint density at radius 1 is 1.17 bits per heavy atom. The van der Waals surface area contributed by atoms with E-state index in [0.29, 0.717) is 6.04 Å². The Bertz CT molecular complexity index is 705. The second kappa shape index (κ2) is 6.10. The van der Waals surface area contributed by atoms with E-state index in [0.717, 1.165) is 31.7 Å². The predicted octanol–water partition coefficient (Wildman–Crippen LogP) is 3.29. The first-order chi connectivity index (χ1) is 10.9. The van der Waals surface area contributed by atoms with Crippen LogP contribution in [-0.2, 0) is 0 Å². The van der Waals surface area contributed by atoms with Gasteiger partial charge in [-0.2, -0.15) is 0 Å². The maximum Gasteiger partial charge on any atom is 0.227 e. The number of nitrogens with zero attached hydrogens (tertiary/aromatic N) is 2. The Hall–Kier alpha value is -1.65. The summed E-state index contributed by atoms with van der Waals surface area (Å²) < 4.78 is 1.80. The van der Waals surface area contributed by atoms with Crippen LogP contribution in [0.2, 0.25) is 0 Å². The van der Waals surface area contributed by atoms with Crippen LogP contribution in [0, 0.1) is 5.41 Å². The standard InChI is InChI=1S/C19H27N3O/c1-14(23)22-13-16(15-7-5-6-8-17(15)22)18(19(2,3)4)21-11-9-20-10-12-21/h5-8,13,18,20H,9-12H2,1-4H3/t18-/m0/s1. The molecule has 1 atom stereocenters. The molecule has 0 radical (unpaired) electrons. The smallest absolute Gasteiger partial charge is 0.227 e. The van der Waals surface area contributed by atoms with Gasteiger partial charge in [-0.15, -0.1) is 0 Å². The number of carbonyl (C=O) groups is 1. The van der Waals surface area contributed by atoms with Gasteiger partial charge in [0.2, 0.25) is 5.91 Å². The summed E-state index contributed by atoms with van der Waals surface area (Å²) in [5.41, 5.74) is 2.38. The normalized spacial score (nSPS) is 18.3. The van der Waals surface area contributed by atoms with Crippen LogP contribution >= 0.6 is 0 Å². The molecule has 0 amide bonds. The van der Waals surface area contributed by atoms with E-state index in [2.05, 4.69) is 49.3 Å². The first kappa shape index (κ1) is 16.2. The van der Waals surface area contributed by atoms with E-state index in [4.69, 9.17) is 0 Å². The molecule has 0 aliphatic carbocycles. The molecule has 2 heterocycles. The molecule has 0 unspecified atom stereocenters. The van der Waals surface area contributed by atoms with Gasteiger partial charge in [0.15, 0.2) is 0 Å². The highest BCUT2D eigenvalue weighted by Gasteiger charge is 2.34. The third-order valence-electron chi connectivity index (χ3n) is 4.71. The first-order valence-corrected chi connectivity index (χ1v) is 8.45. The summed E-state index contributed by atoms with van der Waals surface area (Å²) in [4.78, 5) is 14.6. The van der Waals surface area contributed by atoms with Gasteiger partial charge in [-0.05, 0) is 17.0 Å². The number of rotatable bonds is 2. The van der Waals surface area contributed by atoms with Crippen molar-refractivity contribution in [2.75, 3.05) is 26.2 Å². The third kappa shape index (κ3) is 3.06. The largest absolute Gasteiger partial charge is 0.314 e. The van der Waals surface area contributed by atoms with Crippen LogP contribution in [0.25, 0.3) is 10.9 Å². The van der Waals surface area contributed by atoms with Crippen LogP contribution < -0.4 is 5.32 Å². The highest BCUT2D eigenvalue weighted by Crippen LogP contribution is 2.41. The molecule has 1 N–H and O–H groups in total. The second-order valence-electron chi connectivity index (χ2n) is 7.55. The van der Waals surface area contributed by atoms with Crippen molar-refractivity contribution >= 4 is 16.8 Å². The van der Waals surface area contributed by atoms with E-state index in [1.807, 2.05) is 12.1 Å². The minimum atomic E-state index is 0.0698. The number of carbonyl (C=O) groups excluding carboxylic acids is 1. The van der Waals surface area contributed by atoms with E-state index < -0.39 is 0 Å². The summed E-state index contributed by atoms with van der Waals surface area (Å²) in [7, 11) is 0. The van der Waals surface area contributed by atoms with Gasteiger partial charge < -0.3 is 5.32 Å². The molecular formula is C19H27N3O. The topological polar surface area (TPSA) is 37.3 Å². The lowest BCUT2D eigenvalue weighted by Crippen LogP contribution is -2.48. The van der Waals surface area contributed by atoms with Crippen molar-refractivity contribution < 1.29 is 4.79 Å². The van der Waals surface area contributed by atoms with Crippen molar-refractivity contribution in [3.63, 3.8) is 0 Å². The van der Waals surface area contributed by atoms with Crippen LogP contribution in [0.5, 0.6) is 0 Å². The van der Waals surface area contributed by atoms with Crippen molar-refractivity contribution in [2.24, 2.45) is 5.41 Å². The molecule has 23 heavy (non-hydrogen) atoms. The molecule has 1 aliphatic heterocycles. The molecule has 4 nitrogen and oxygen atoms in total. The molecular weight excluding hydrogens is 286 g/mol. The van der Waals surface area contributed by atoms with Gasteiger partial charge in [-0.1, -0.05) is 39.0 Å². The van der Waals surface area contributed by atoms with Crippen LogP contribution in [-0.4, -0.2) is 41.6 Å². The Balaban J connectivity index is 2.16. The predicted molar refractivity (Wildman–Crippen MR) is 94.9 cm³/mol. The summed E-state index contributed by atoms with van der Waals surface area (Å²) >= 11 is 0. The lowest BCUT2D eigenvalue weighted by Gasteiger charge is -2.42. The third-order valence-corrected chi connectivity index (χ3v) is 4.71. The second-order valence-corrected chi connectivity index (χ2v) is 7.55. The number of hydrogen-bond donors (Lipinski definition) is 1. The van der Waals surface area contributed by atoms with Gasteiger partial charge in [-0.25, -0.2) is 0 Å². The average molecular weight is 313 g/mol. The molecule has 2 aromatic rings. The van der Waals surface area contributed by atoms with Crippen molar-refractivity contribution in [2.45, 2.75) is 33.7 Å². The van der Waals surface area contributed by atoms with Crippen molar-refractivity contribution in [3.05, 3.63) is 36.0 Å². The molecule has 0 spiro atoms. The molecule has 1 aromatic carbocycles. The number of benzene rings is 1. The number of para-hydroxylation sites is 1. The zero-order valence-corrected chi connectivity index (χ0v) is 14.6. The minimum Gasteiger partial charge on any atom is -0.314 e. The molecule has 4 heteroatoms. The zero-order chi connectivity index (χ0) is 16.6. The molecule has 1 fully saturated rings. The van der Waals surface area contributed by atoms with E-state index in [1.54, 1.807) is 11.5 Å². The number of aromatic nitrogens is 1. The first-order valence-electron chi connectivity index (χ1n) is 8.45. The Kier molecular flexibility index (Phi) is 4.30. The van der Waals surface area contributed by atoms with Crippen molar-refractivity contribution in [1.82, 2.24) is 14.8 Å². The quantitative estimate of drug-likeness (QED) is 0.924. The maximum absolute atomic E-state index is 12.1. The number of nitrogens with one attached hydrogen (secondary N) is 1. The lowest BCUT2D eigenvalue weighted by molar-refractivity contribution is 0.0862. The average Bonchev–Trinajstić information content (AvgIpc) is 2.87. The number of piperazine rings is 1. The van der Waals surface area contributed by atoms with Gasteiger partial charge in [0.05, 0.1) is 5.52 Å². The fraction of sp³-hybridized carbons (Fsp3) is 0.526. The highest BCUT2D eigenvalue weighted by atomic mass is 16.1. The highest BCUT2D eigenvalue weighted by molar-refractivity contribution is 5.93. The lowest BCUT2D eigenvalue weighted by atomic mass is 9.81. The zero-order valence-electron chi connectivity index (χ0n) is 14.6. The molecule has 0 bridgehead atoms. The number of fused-ring (bicyclic) bond motifs is 1. The molecule has 0 saturated carbocycles. The van der Waals surface area contributed by atoms with Crippen LogP contribution in [0.15, 0.2) is 30.5 Å². The Morgan fingerprint density at radius 2 is 1.83 bits per heavy atom. The van der Waals surface area contributed by atoms with Crippen LogP contribution in [0.3, 0.4) is 0 Å². The van der Waals surface area contributed by atoms with E-state index in [-0.39, 0.29) is 11.3 Å². The molecule has 1 saturated heterocycles. The fourth-order valence-electron chi connectivity index (χ4n) is 3.84. The van der Waals surface area contributed by atoms with Gasteiger partial charge in [0.1, 0.15) is 0 Å².